The lowest BCUT2D eigenvalue weighted by Gasteiger charge is -2.20. The van der Waals surface area contributed by atoms with Gasteiger partial charge in [0.15, 0.2) is 0 Å². The van der Waals surface area contributed by atoms with Gasteiger partial charge in [0.05, 0.1) is 5.69 Å². The molecule has 3 N–H and O–H groups in total. The lowest BCUT2D eigenvalue weighted by Crippen LogP contribution is -2.23. The van der Waals surface area contributed by atoms with Crippen LogP contribution in [0.4, 0.5) is 0 Å². The number of phenols is 2. The third-order valence-corrected chi connectivity index (χ3v) is 3.06. The molecule has 0 spiro atoms. The summed E-state index contributed by atoms with van der Waals surface area (Å²) in [4.78, 5) is 4.30. The largest absolute Gasteiger partial charge is 0.508 e. The molecule has 2 atom stereocenters. The smallest absolute Gasteiger partial charge is 0.119 e. The molecule has 1 heterocycles. The highest BCUT2D eigenvalue weighted by Gasteiger charge is 2.13. The van der Waals surface area contributed by atoms with Crippen LogP contribution in [0.2, 0.25) is 0 Å². The fourth-order valence-corrected chi connectivity index (χ4v) is 2.06. The van der Waals surface area contributed by atoms with Crippen LogP contribution in [-0.2, 0) is 0 Å². The summed E-state index contributed by atoms with van der Waals surface area (Å²) in [6.45, 7) is 4.01. The molecule has 2 rings (SSSR count). The standard InChI is InChI=1S/C15H18N2O2/c1-10(12-7-13(18)9-14(19)8-12)17-11(2)15-5-3-4-6-16-15/h3-11,17-19H,1-2H3/t10?,11-/m1/s1. The van der Waals surface area contributed by atoms with Gasteiger partial charge in [-0.2, -0.15) is 0 Å². The molecule has 0 saturated heterocycles. The third kappa shape index (κ3) is 3.45. The fourth-order valence-electron chi connectivity index (χ4n) is 2.06. The van der Waals surface area contributed by atoms with E-state index < -0.39 is 0 Å². The number of nitrogens with zero attached hydrogens (tertiary/aromatic N) is 1. The van der Waals surface area contributed by atoms with Crippen LogP contribution in [0, 0.1) is 0 Å². The molecule has 0 fully saturated rings. The van der Waals surface area contributed by atoms with Crippen molar-refractivity contribution < 1.29 is 10.2 Å². The van der Waals surface area contributed by atoms with E-state index in [0.717, 1.165) is 11.3 Å². The summed E-state index contributed by atoms with van der Waals surface area (Å²) >= 11 is 0. The van der Waals surface area contributed by atoms with E-state index in [1.165, 1.54) is 6.07 Å². The van der Waals surface area contributed by atoms with Crippen molar-refractivity contribution in [2.24, 2.45) is 0 Å². The lowest BCUT2D eigenvalue weighted by atomic mass is 10.1. The minimum absolute atomic E-state index is 0.00462. The van der Waals surface area contributed by atoms with Crippen molar-refractivity contribution in [2.75, 3.05) is 0 Å². The van der Waals surface area contributed by atoms with Crippen LogP contribution in [-0.4, -0.2) is 15.2 Å². The van der Waals surface area contributed by atoms with Gasteiger partial charge in [-0.3, -0.25) is 4.98 Å². The molecule has 0 saturated carbocycles. The number of hydrogen-bond donors (Lipinski definition) is 3. The third-order valence-electron chi connectivity index (χ3n) is 3.06. The molecule has 0 aliphatic rings. The molecular weight excluding hydrogens is 240 g/mol. The van der Waals surface area contributed by atoms with Crippen LogP contribution in [0.15, 0.2) is 42.6 Å². The topological polar surface area (TPSA) is 65.4 Å². The van der Waals surface area contributed by atoms with Gasteiger partial charge in [-0.15, -0.1) is 0 Å². The molecule has 0 aliphatic heterocycles. The molecule has 1 aromatic heterocycles. The summed E-state index contributed by atoms with van der Waals surface area (Å²) in [5.41, 5.74) is 1.79. The molecule has 1 aromatic carbocycles. The van der Waals surface area contributed by atoms with Gasteiger partial charge in [0.2, 0.25) is 0 Å². The molecule has 0 aliphatic carbocycles. The molecule has 4 heteroatoms. The van der Waals surface area contributed by atoms with E-state index in [4.69, 9.17) is 0 Å². The van der Waals surface area contributed by atoms with Crippen LogP contribution >= 0.6 is 0 Å². The number of rotatable bonds is 4. The number of pyridine rings is 1. The van der Waals surface area contributed by atoms with Crippen LogP contribution < -0.4 is 5.32 Å². The Kier molecular flexibility index (Phi) is 4.02. The van der Waals surface area contributed by atoms with E-state index in [2.05, 4.69) is 10.3 Å². The fraction of sp³-hybridized carbons (Fsp3) is 0.267. The lowest BCUT2D eigenvalue weighted by molar-refractivity contribution is 0.441. The first-order chi connectivity index (χ1) is 9.06. The molecule has 19 heavy (non-hydrogen) atoms. The van der Waals surface area contributed by atoms with Gasteiger partial charge in [-0.05, 0) is 43.7 Å². The average molecular weight is 258 g/mol. The Bertz CT molecular complexity index is 523. The number of aromatic hydroxyl groups is 2. The Balaban J connectivity index is 2.10. The van der Waals surface area contributed by atoms with Crippen LogP contribution in [0.5, 0.6) is 11.5 Å². The second-order valence-electron chi connectivity index (χ2n) is 4.65. The highest BCUT2D eigenvalue weighted by molar-refractivity contribution is 5.38. The molecule has 0 amide bonds. The summed E-state index contributed by atoms with van der Waals surface area (Å²) in [5.74, 6) is 0.128. The van der Waals surface area contributed by atoms with Gasteiger partial charge in [0.1, 0.15) is 11.5 Å². The first-order valence-electron chi connectivity index (χ1n) is 6.26. The van der Waals surface area contributed by atoms with Gasteiger partial charge in [0.25, 0.3) is 0 Å². The normalized spacial score (nSPS) is 14.0. The minimum Gasteiger partial charge on any atom is -0.508 e. The predicted octanol–water partition coefficient (Wildman–Crippen LogP) is 2.90. The number of benzene rings is 1. The van der Waals surface area contributed by atoms with Crippen molar-refractivity contribution in [3.63, 3.8) is 0 Å². The number of hydrogen-bond acceptors (Lipinski definition) is 4. The maximum absolute atomic E-state index is 9.49. The van der Waals surface area contributed by atoms with Crippen molar-refractivity contribution >= 4 is 0 Å². The van der Waals surface area contributed by atoms with E-state index in [1.807, 2.05) is 32.0 Å². The van der Waals surface area contributed by atoms with Crippen molar-refractivity contribution in [2.45, 2.75) is 25.9 Å². The second kappa shape index (κ2) is 5.71. The van der Waals surface area contributed by atoms with Gasteiger partial charge in [0, 0.05) is 24.3 Å². The molecule has 0 bridgehead atoms. The van der Waals surface area contributed by atoms with Crippen molar-refractivity contribution in [1.29, 1.82) is 0 Å². The summed E-state index contributed by atoms with van der Waals surface area (Å²) in [5, 5.41) is 22.4. The summed E-state index contributed by atoms with van der Waals surface area (Å²) in [7, 11) is 0. The zero-order chi connectivity index (χ0) is 13.8. The summed E-state index contributed by atoms with van der Waals surface area (Å²) in [6.07, 6.45) is 1.76. The molecule has 0 radical (unpaired) electrons. The van der Waals surface area contributed by atoms with E-state index in [-0.39, 0.29) is 23.6 Å². The number of nitrogens with one attached hydrogen (secondary N) is 1. The number of phenolic OH excluding ortho intramolecular Hbond substituents is 2. The predicted molar refractivity (Wildman–Crippen MR) is 74.0 cm³/mol. The van der Waals surface area contributed by atoms with Crippen LogP contribution in [0.1, 0.15) is 37.2 Å². The first kappa shape index (κ1) is 13.4. The zero-order valence-corrected chi connectivity index (χ0v) is 11.0. The van der Waals surface area contributed by atoms with Crippen molar-refractivity contribution in [3.05, 3.63) is 53.9 Å². The first-order valence-corrected chi connectivity index (χ1v) is 6.26. The molecule has 2 aromatic rings. The highest BCUT2D eigenvalue weighted by Crippen LogP contribution is 2.26. The van der Waals surface area contributed by atoms with E-state index in [0.29, 0.717) is 0 Å². The zero-order valence-electron chi connectivity index (χ0n) is 11.0. The summed E-state index contributed by atoms with van der Waals surface area (Å²) < 4.78 is 0. The molecular formula is C15H18N2O2. The Morgan fingerprint density at radius 3 is 2.26 bits per heavy atom. The Morgan fingerprint density at radius 2 is 1.68 bits per heavy atom. The monoisotopic (exact) mass is 258 g/mol. The minimum atomic E-state index is -0.00462. The van der Waals surface area contributed by atoms with E-state index in [9.17, 15) is 10.2 Å². The Morgan fingerprint density at radius 1 is 1.00 bits per heavy atom. The molecule has 4 nitrogen and oxygen atoms in total. The number of aromatic nitrogens is 1. The van der Waals surface area contributed by atoms with Crippen LogP contribution in [0.3, 0.4) is 0 Å². The summed E-state index contributed by atoms with van der Waals surface area (Å²) in [6, 6.07) is 10.5. The maximum atomic E-state index is 9.49. The van der Waals surface area contributed by atoms with Crippen molar-refractivity contribution in [3.8, 4) is 11.5 Å². The quantitative estimate of drug-likeness (QED) is 0.789. The molecule has 100 valence electrons. The maximum Gasteiger partial charge on any atom is 0.119 e. The second-order valence-corrected chi connectivity index (χ2v) is 4.65. The van der Waals surface area contributed by atoms with Crippen molar-refractivity contribution in [1.82, 2.24) is 10.3 Å². The van der Waals surface area contributed by atoms with Gasteiger partial charge >= 0.3 is 0 Å². The highest BCUT2D eigenvalue weighted by atomic mass is 16.3. The molecule has 1 unspecified atom stereocenters. The average Bonchev–Trinajstić information content (AvgIpc) is 2.38. The Hall–Kier alpha value is -2.07. The van der Waals surface area contributed by atoms with Gasteiger partial charge < -0.3 is 15.5 Å². The van der Waals surface area contributed by atoms with E-state index >= 15 is 0 Å². The van der Waals surface area contributed by atoms with Gasteiger partial charge in [-0.1, -0.05) is 6.07 Å². The van der Waals surface area contributed by atoms with Gasteiger partial charge in [-0.25, -0.2) is 0 Å². The SMILES string of the molecule is CC(N[C@H](C)c1ccccn1)c1cc(O)cc(O)c1. The Labute approximate surface area is 112 Å². The van der Waals surface area contributed by atoms with Crippen LogP contribution in [0.25, 0.3) is 0 Å². The van der Waals surface area contributed by atoms with E-state index in [1.54, 1.807) is 18.3 Å².